The number of aryl methyl sites for hydroxylation is 2. The maximum atomic E-state index is 12.9. The number of nitrogens with one attached hydrogen (secondary N) is 1. The van der Waals surface area contributed by atoms with Crippen molar-refractivity contribution in [3.63, 3.8) is 0 Å². The van der Waals surface area contributed by atoms with Crippen LogP contribution in [0, 0.1) is 13.8 Å². The molecule has 6 nitrogen and oxygen atoms in total. The third kappa shape index (κ3) is 5.48. The molecule has 1 heterocycles. The lowest BCUT2D eigenvalue weighted by molar-refractivity contribution is -0.127. The molecule has 1 fully saturated rings. The van der Waals surface area contributed by atoms with Crippen LogP contribution in [0.25, 0.3) is 0 Å². The summed E-state index contributed by atoms with van der Waals surface area (Å²) in [5, 5.41) is 3.24. The first-order valence-corrected chi connectivity index (χ1v) is 11.0. The number of amides is 2. The number of rotatable bonds is 7. The van der Waals surface area contributed by atoms with Gasteiger partial charge in [-0.2, -0.15) is 0 Å². The van der Waals surface area contributed by atoms with Crippen molar-refractivity contribution in [3.05, 3.63) is 65.2 Å². The number of carbonyl (C=O) groups is 2. The molecule has 2 amide bonds. The Balaban J connectivity index is 1.77. The molecule has 0 aromatic heterocycles. The number of aliphatic imine (C=N–C) groups is 1. The van der Waals surface area contributed by atoms with Crippen molar-refractivity contribution < 1.29 is 14.3 Å². The maximum Gasteiger partial charge on any atom is 0.242 e. The quantitative estimate of drug-likeness (QED) is 0.586. The Morgan fingerprint density at radius 1 is 1.29 bits per heavy atom. The molecule has 3 rings (SSSR count). The SMILES string of the molecule is C=CCN1C(=O)[C@@H](CC(=O)Nc2cc(Cl)ccc2OC)SC1=Nc1ccc(C)c(C)c1. The number of amidine groups is 1. The first kappa shape index (κ1) is 22.9. The minimum atomic E-state index is -0.574. The van der Waals surface area contributed by atoms with Gasteiger partial charge in [0.05, 0.1) is 18.5 Å². The van der Waals surface area contributed by atoms with Crippen LogP contribution in [0.5, 0.6) is 5.75 Å². The maximum absolute atomic E-state index is 12.9. The number of anilines is 1. The number of carbonyl (C=O) groups excluding carboxylic acids is 2. The van der Waals surface area contributed by atoms with Gasteiger partial charge >= 0.3 is 0 Å². The molecule has 0 radical (unpaired) electrons. The van der Waals surface area contributed by atoms with Gasteiger partial charge in [0.2, 0.25) is 11.8 Å². The fourth-order valence-corrected chi connectivity index (χ4v) is 4.41. The van der Waals surface area contributed by atoms with Gasteiger partial charge in [-0.1, -0.05) is 35.5 Å². The van der Waals surface area contributed by atoms with Gasteiger partial charge in [-0.15, -0.1) is 6.58 Å². The van der Waals surface area contributed by atoms with Gasteiger partial charge in [-0.05, 0) is 55.3 Å². The largest absolute Gasteiger partial charge is 0.495 e. The number of benzene rings is 2. The predicted octanol–water partition coefficient (Wildman–Crippen LogP) is 5.11. The monoisotopic (exact) mass is 457 g/mol. The van der Waals surface area contributed by atoms with Crippen LogP contribution in [0.3, 0.4) is 0 Å². The first-order valence-electron chi connectivity index (χ1n) is 9.70. The van der Waals surface area contributed by atoms with E-state index in [1.54, 1.807) is 29.2 Å². The van der Waals surface area contributed by atoms with Gasteiger partial charge in [-0.3, -0.25) is 14.5 Å². The third-order valence-corrected chi connectivity index (χ3v) is 6.26. The molecule has 0 spiro atoms. The fraction of sp³-hybridized carbons (Fsp3) is 0.261. The molecule has 162 valence electrons. The van der Waals surface area contributed by atoms with E-state index in [0.717, 1.165) is 11.3 Å². The van der Waals surface area contributed by atoms with E-state index in [1.807, 2.05) is 32.0 Å². The van der Waals surface area contributed by atoms with Gasteiger partial charge in [0.15, 0.2) is 5.17 Å². The molecule has 2 aromatic rings. The highest BCUT2D eigenvalue weighted by atomic mass is 35.5. The summed E-state index contributed by atoms with van der Waals surface area (Å²) in [5.41, 5.74) is 3.52. The Hall–Kier alpha value is -2.77. The Labute approximate surface area is 191 Å². The van der Waals surface area contributed by atoms with Crippen LogP contribution in [0.4, 0.5) is 11.4 Å². The molecule has 8 heteroatoms. The molecule has 0 saturated carbocycles. The summed E-state index contributed by atoms with van der Waals surface area (Å²) in [5.74, 6) is 0.0199. The number of hydrogen-bond acceptors (Lipinski definition) is 5. The van der Waals surface area contributed by atoms with Crippen molar-refractivity contribution in [3.8, 4) is 5.75 Å². The van der Waals surface area contributed by atoms with Crippen LogP contribution in [-0.4, -0.2) is 40.8 Å². The van der Waals surface area contributed by atoms with E-state index in [9.17, 15) is 9.59 Å². The molecule has 1 atom stereocenters. The lowest BCUT2D eigenvalue weighted by Gasteiger charge is -2.14. The van der Waals surface area contributed by atoms with E-state index < -0.39 is 5.25 Å². The molecular formula is C23H24ClN3O3S. The zero-order chi connectivity index (χ0) is 22.5. The topological polar surface area (TPSA) is 71.0 Å². The molecule has 2 aromatic carbocycles. The lowest BCUT2D eigenvalue weighted by Crippen LogP contribution is -2.33. The molecule has 31 heavy (non-hydrogen) atoms. The average molecular weight is 458 g/mol. The Bertz CT molecular complexity index is 1050. The van der Waals surface area contributed by atoms with Crippen LogP contribution >= 0.6 is 23.4 Å². The smallest absolute Gasteiger partial charge is 0.242 e. The highest BCUT2D eigenvalue weighted by Crippen LogP contribution is 2.33. The highest BCUT2D eigenvalue weighted by Gasteiger charge is 2.38. The van der Waals surface area contributed by atoms with Crippen LogP contribution < -0.4 is 10.1 Å². The van der Waals surface area contributed by atoms with Crippen molar-refractivity contribution in [1.29, 1.82) is 0 Å². The van der Waals surface area contributed by atoms with Crippen molar-refractivity contribution in [2.24, 2.45) is 4.99 Å². The molecule has 1 saturated heterocycles. The number of ether oxygens (including phenoxy) is 1. The van der Waals surface area contributed by atoms with E-state index in [4.69, 9.17) is 16.3 Å². The number of thioether (sulfide) groups is 1. The van der Waals surface area contributed by atoms with Crippen LogP contribution in [0.2, 0.25) is 5.02 Å². The molecule has 1 N–H and O–H groups in total. The molecule has 0 bridgehead atoms. The van der Waals surface area contributed by atoms with E-state index in [0.29, 0.717) is 28.2 Å². The van der Waals surface area contributed by atoms with Gasteiger partial charge in [-0.25, -0.2) is 4.99 Å². The zero-order valence-electron chi connectivity index (χ0n) is 17.6. The molecule has 1 aliphatic rings. The highest BCUT2D eigenvalue weighted by molar-refractivity contribution is 8.15. The number of halogens is 1. The summed E-state index contributed by atoms with van der Waals surface area (Å²) >= 11 is 7.31. The second-order valence-corrected chi connectivity index (χ2v) is 8.71. The first-order chi connectivity index (χ1) is 14.8. The molecule has 0 unspecified atom stereocenters. The predicted molar refractivity (Wildman–Crippen MR) is 128 cm³/mol. The van der Waals surface area contributed by atoms with Crippen LogP contribution in [0.1, 0.15) is 17.5 Å². The minimum absolute atomic E-state index is 0.00123. The number of hydrogen-bond donors (Lipinski definition) is 1. The molecule has 0 aliphatic carbocycles. The second-order valence-electron chi connectivity index (χ2n) is 7.10. The third-order valence-electron chi connectivity index (χ3n) is 4.85. The van der Waals surface area contributed by atoms with E-state index in [-0.39, 0.29) is 18.2 Å². The van der Waals surface area contributed by atoms with Crippen LogP contribution in [0.15, 0.2) is 54.0 Å². The summed E-state index contributed by atoms with van der Waals surface area (Å²) in [6.07, 6.45) is 1.65. The van der Waals surface area contributed by atoms with Crippen molar-refractivity contribution in [2.75, 3.05) is 19.0 Å². The molecule has 1 aliphatic heterocycles. The van der Waals surface area contributed by atoms with Gasteiger partial charge in [0.25, 0.3) is 0 Å². The standard InChI is InChI=1S/C23H24ClN3O3S/c1-5-10-27-22(29)20(31-23(27)25-17-8-6-14(2)15(3)11-17)13-21(28)26-18-12-16(24)7-9-19(18)30-4/h5-9,11-12,20H,1,10,13H2,2-4H3,(H,26,28)/t20-/m1/s1. The number of nitrogens with zero attached hydrogens (tertiary/aromatic N) is 2. The summed E-state index contributed by atoms with van der Waals surface area (Å²) in [6, 6.07) is 10.8. The Kier molecular flexibility index (Phi) is 7.41. The fourth-order valence-electron chi connectivity index (χ4n) is 3.08. The summed E-state index contributed by atoms with van der Waals surface area (Å²) in [6.45, 7) is 8.11. The van der Waals surface area contributed by atoms with Crippen molar-refractivity contribution in [1.82, 2.24) is 4.90 Å². The summed E-state index contributed by atoms with van der Waals surface area (Å²) in [4.78, 5) is 31.8. The molecular weight excluding hydrogens is 434 g/mol. The second kappa shape index (κ2) is 10.0. The lowest BCUT2D eigenvalue weighted by atomic mass is 10.1. The summed E-state index contributed by atoms with van der Waals surface area (Å²) < 4.78 is 5.26. The Morgan fingerprint density at radius 2 is 2.06 bits per heavy atom. The number of methoxy groups -OCH3 is 1. The van der Waals surface area contributed by atoms with E-state index in [1.165, 1.54) is 24.4 Å². The summed E-state index contributed by atoms with van der Waals surface area (Å²) in [7, 11) is 1.51. The van der Waals surface area contributed by atoms with Gasteiger partial charge in [0, 0.05) is 18.0 Å². The van der Waals surface area contributed by atoms with E-state index in [2.05, 4.69) is 16.9 Å². The van der Waals surface area contributed by atoms with Gasteiger partial charge < -0.3 is 10.1 Å². The van der Waals surface area contributed by atoms with Crippen molar-refractivity contribution >= 4 is 51.7 Å². The van der Waals surface area contributed by atoms with Crippen molar-refractivity contribution in [2.45, 2.75) is 25.5 Å². The minimum Gasteiger partial charge on any atom is -0.495 e. The van der Waals surface area contributed by atoms with Gasteiger partial charge in [0.1, 0.15) is 11.0 Å². The average Bonchev–Trinajstić information content (AvgIpc) is 3.00. The normalized spacial score (nSPS) is 17.2. The van der Waals surface area contributed by atoms with Crippen LogP contribution in [-0.2, 0) is 9.59 Å². The van der Waals surface area contributed by atoms with E-state index >= 15 is 0 Å². The Morgan fingerprint density at radius 3 is 2.74 bits per heavy atom. The zero-order valence-corrected chi connectivity index (χ0v) is 19.2.